The molecule has 0 rings (SSSR count). The number of hydrogen-bond acceptors (Lipinski definition) is 2. The van der Waals surface area contributed by atoms with E-state index in [9.17, 15) is 0 Å². The maximum atomic E-state index is 2.75. The molecule has 0 radical (unpaired) electrons. The molecule has 0 saturated carbocycles. The molecule has 0 aliphatic rings. The van der Waals surface area contributed by atoms with Gasteiger partial charge in [-0.1, -0.05) is 0 Å². The van der Waals surface area contributed by atoms with Crippen molar-refractivity contribution in [2.24, 2.45) is 0 Å². The molecule has 2 nitrogen and oxygen atoms in total. The lowest BCUT2D eigenvalue weighted by atomic mass is 10.8. The zero-order valence-corrected chi connectivity index (χ0v) is 5.95. The molecular weight excluding hydrogens is 98.9 g/mol. The highest BCUT2D eigenvalue weighted by molar-refractivity contribution is 5.75. The van der Waals surface area contributed by atoms with Crippen molar-refractivity contribution in [2.75, 3.05) is 35.2 Å². The van der Waals surface area contributed by atoms with Gasteiger partial charge in [0.2, 0.25) is 0 Å². The second-order valence-electron chi connectivity index (χ2n) is 1.84. The van der Waals surface area contributed by atoms with Gasteiger partial charge in [0.1, 0.15) is 0 Å². The van der Waals surface area contributed by atoms with Crippen LogP contribution in [0.25, 0.3) is 0 Å². The Bertz CT molecular complexity index is 21.6. The number of hydrogen-bond donors (Lipinski definition) is 1. The van der Waals surface area contributed by atoms with Crippen LogP contribution >= 0.6 is 0 Å². The van der Waals surface area contributed by atoms with Crippen LogP contribution in [0.2, 0.25) is 0 Å². The van der Waals surface area contributed by atoms with Crippen molar-refractivity contribution in [1.82, 2.24) is 10.2 Å². The van der Waals surface area contributed by atoms with Gasteiger partial charge < -0.3 is 10.2 Å². The van der Waals surface area contributed by atoms with Crippen LogP contribution in [0.15, 0.2) is 0 Å². The Hall–Kier alpha value is -0.0151. The summed E-state index contributed by atoms with van der Waals surface area (Å²) < 4.78 is 0. The average molecular weight is 118 g/mol. The van der Waals surface area contributed by atoms with Crippen LogP contribution in [0.5, 0.6) is 0 Å². The van der Waals surface area contributed by atoms with Gasteiger partial charge in [-0.3, -0.25) is 0 Å². The van der Waals surface area contributed by atoms with Crippen molar-refractivity contribution >= 4 is 8.41 Å². The van der Waals surface area contributed by atoms with E-state index in [4.69, 9.17) is 0 Å². The SMILES string of the molecule is B.CN(C)C.CNC. The van der Waals surface area contributed by atoms with Crippen molar-refractivity contribution in [3.8, 4) is 0 Å². The first-order chi connectivity index (χ1) is 3.15. The maximum Gasteiger partial charge on any atom is 0.0814 e. The van der Waals surface area contributed by atoms with Crippen LogP contribution in [0.1, 0.15) is 0 Å². The molecule has 0 aliphatic heterocycles. The lowest BCUT2D eigenvalue weighted by Crippen LogP contribution is -1.99. The van der Waals surface area contributed by atoms with Crippen molar-refractivity contribution in [2.45, 2.75) is 0 Å². The summed E-state index contributed by atoms with van der Waals surface area (Å²) in [5, 5.41) is 2.75. The normalized spacial score (nSPS) is 6.75. The molecule has 1 N–H and O–H groups in total. The Balaban J connectivity index is -0.0000000575. The van der Waals surface area contributed by atoms with Crippen molar-refractivity contribution in [1.29, 1.82) is 0 Å². The van der Waals surface area contributed by atoms with E-state index in [1.165, 1.54) is 0 Å². The Labute approximate surface area is 54.8 Å². The number of rotatable bonds is 0. The number of nitrogens with zero attached hydrogens (tertiary/aromatic N) is 1. The highest BCUT2D eigenvalue weighted by Crippen LogP contribution is 1.47. The molecular formula is C5H19BN2. The zero-order valence-electron chi connectivity index (χ0n) is 5.95. The summed E-state index contributed by atoms with van der Waals surface area (Å²) in [6, 6.07) is 0. The summed E-state index contributed by atoms with van der Waals surface area (Å²) in [6.45, 7) is 0. The molecule has 0 bridgehead atoms. The lowest BCUT2D eigenvalue weighted by molar-refractivity contribution is 0.505. The summed E-state index contributed by atoms with van der Waals surface area (Å²) in [5.41, 5.74) is 0. The van der Waals surface area contributed by atoms with E-state index in [1.54, 1.807) is 0 Å². The first-order valence-electron chi connectivity index (χ1n) is 2.34. The average Bonchev–Trinajstić information content (AvgIpc) is 1.33. The molecule has 0 unspecified atom stereocenters. The van der Waals surface area contributed by atoms with E-state index >= 15 is 0 Å². The minimum absolute atomic E-state index is 0. The summed E-state index contributed by atoms with van der Waals surface area (Å²) in [5.74, 6) is 0. The van der Waals surface area contributed by atoms with Gasteiger partial charge in [-0.15, -0.1) is 0 Å². The summed E-state index contributed by atoms with van der Waals surface area (Å²) in [4.78, 5) is 2.00. The zero-order chi connectivity index (χ0) is 6.28. The molecule has 0 aliphatic carbocycles. The molecule has 0 heterocycles. The third-order valence-corrected chi connectivity index (χ3v) is 0. The summed E-state index contributed by atoms with van der Waals surface area (Å²) in [6.07, 6.45) is 0. The van der Waals surface area contributed by atoms with E-state index in [2.05, 4.69) is 5.32 Å². The molecule has 52 valence electrons. The minimum atomic E-state index is 0. The first-order valence-corrected chi connectivity index (χ1v) is 2.34. The van der Waals surface area contributed by atoms with Crippen LogP contribution in [-0.2, 0) is 0 Å². The van der Waals surface area contributed by atoms with E-state index in [1.807, 2.05) is 40.1 Å². The molecule has 0 atom stereocenters. The van der Waals surface area contributed by atoms with Gasteiger partial charge >= 0.3 is 0 Å². The molecule has 0 spiro atoms. The standard InChI is InChI=1S/C3H9N.C2H7N.BH3/c1-4(2)3;1-3-2;/h1-3H3;3H,1-2H3;1H3. The van der Waals surface area contributed by atoms with Gasteiger partial charge in [0, 0.05) is 0 Å². The smallest absolute Gasteiger partial charge is 0.0814 e. The highest BCUT2D eigenvalue weighted by atomic mass is 15.0. The molecule has 3 heteroatoms. The third-order valence-electron chi connectivity index (χ3n) is 0. The lowest BCUT2D eigenvalue weighted by Gasteiger charge is -1.90. The Morgan fingerprint density at radius 1 is 1.00 bits per heavy atom. The fourth-order valence-corrected chi connectivity index (χ4v) is 0. The molecule has 0 aromatic carbocycles. The van der Waals surface area contributed by atoms with E-state index in [0.717, 1.165) is 0 Å². The van der Waals surface area contributed by atoms with E-state index in [0.29, 0.717) is 0 Å². The second-order valence-corrected chi connectivity index (χ2v) is 1.84. The second kappa shape index (κ2) is 15.8. The topological polar surface area (TPSA) is 15.3 Å². The van der Waals surface area contributed by atoms with E-state index < -0.39 is 0 Å². The quantitative estimate of drug-likeness (QED) is 0.403. The molecule has 0 fully saturated rings. The fraction of sp³-hybridized carbons (Fsp3) is 1.00. The Kier molecular flexibility index (Phi) is 30.9. The van der Waals surface area contributed by atoms with Crippen LogP contribution in [0.3, 0.4) is 0 Å². The van der Waals surface area contributed by atoms with Gasteiger partial charge in [-0.25, -0.2) is 0 Å². The summed E-state index contributed by atoms with van der Waals surface area (Å²) >= 11 is 0. The van der Waals surface area contributed by atoms with Gasteiger partial charge in [0.25, 0.3) is 0 Å². The number of nitrogens with one attached hydrogen (secondary N) is 1. The molecule has 0 aromatic heterocycles. The third kappa shape index (κ3) is 655000. The molecule has 8 heavy (non-hydrogen) atoms. The van der Waals surface area contributed by atoms with Crippen LogP contribution in [0, 0.1) is 0 Å². The largest absolute Gasteiger partial charge is 0.323 e. The van der Waals surface area contributed by atoms with Crippen LogP contribution in [-0.4, -0.2) is 48.6 Å². The predicted octanol–water partition coefficient (Wildman–Crippen LogP) is -1.17. The minimum Gasteiger partial charge on any atom is -0.323 e. The summed E-state index contributed by atoms with van der Waals surface area (Å²) in [7, 11) is 9.75. The maximum absolute atomic E-state index is 2.75. The van der Waals surface area contributed by atoms with Gasteiger partial charge in [-0.05, 0) is 35.2 Å². The Morgan fingerprint density at radius 3 is 1.00 bits per heavy atom. The van der Waals surface area contributed by atoms with Crippen LogP contribution in [0.4, 0.5) is 0 Å². The van der Waals surface area contributed by atoms with Gasteiger partial charge in [0.05, 0.1) is 8.41 Å². The van der Waals surface area contributed by atoms with E-state index in [-0.39, 0.29) is 8.41 Å². The molecule has 0 saturated heterocycles. The monoisotopic (exact) mass is 118 g/mol. The van der Waals surface area contributed by atoms with Crippen molar-refractivity contribution in [3.63, 3.8) is 0 Å². The highest BCUT2D eigenvalue weighted by Gasteiger charge is 1.58. The van der Waals surface area contributed by atoms with Crippen LogP contribution < -0.4 is 5.32 Å². The van der Waals surface area contributed by atoms with Crippen molar-refractivity contribution in [3.05, 3.63) is 0 Å². The first kappa shape index (κ1) is 15.7. The van der Waals surface area contributed by atoms with Gasteiger partial charge in [0.15, 0.2) is 0 Å². The fourth-order valence-electron chi connectivity index (χ4n) is 0. The molecule has 0 aromatic rings. The van der Waals surface area contributed by atoms with Gasteiger partial charge in [-0.2, -0.15) is 0 Å². The predicted molar refractivity (Wildman–Crippen MR) is 44.5 cm³/mol. The Morgan fingerprint density at radius 2 is 1.00 bits per heavy atom. The van der Waals surface area contributed by atoms with Crippen molar-refractivity contribution < 1.29 is 0 Å². The molecule has 0 amide bonds.